The second-order valence-corrected chi connectivity index (χ2v) is 6.09. The van der Waals surface area contributed by atoms with Crippen molar-refractivity contribution in [2.45, 2.75) is 25.7 Å². The van der Waals surface area contributed by atoms with Crippen molar-refractivity contribution in [3.8, 4) is 0 Å². The summed E-state index contributed by atoms with van der Waals surface area (Å²) in [6.45, 7) is 13.5. The van der Waals surface area contributed by atoms with Crippen LogP contribution in [0.15, 0.2) is 61.7 Å². The summed E-state index contributed by atoms with van der Waals surface area (Å²) in [7, 11) is 0. The van der Waals surface area contributed by atoms with Crippen LogP contribution in [0.25, 0.3) is 12.2 Å². The van der Waals surface area contributed by atoms with E-state index in [-0.39, 0.29) is 0 Å². The van der Waals surface area contributed by atoms with Crippen molar-refractivity contribution < 1.29 is 4.74 Å². The van der Waals surface area contributed by atoms with Crippen LogP contribution in [0.3, 0.4) is 0 Å². The fraction of sp³-hybridized carbons (Fsp3) is 0.273. The Kier molecular flexibility index (Phi) is 6.37. The zero-order valence-electron chi connectivity index (χ0n) is 14.2. The first-order valence-corrected chi connectivity index (χ1v) is 8.16. The molecule has 0 aliphatic rings. The molecular formula is C22H26O. The molecule has 0 radical (unpaired) electrons. The summed E-state index contributed by atoms with van der Waals surface area (Å²) in [4.78, 5) is 0. The van der Waals surface area contributed by atoms with Crippen LogP contribution in [0, 0.1) is 0 Å². The van der Waals surface area contributed by atoms with Crippen LogP contribution in [0.1, 0.15) is 47.9 Å². The molecule has 0 heterocycles. The zero-order chi connectivity index (χ0) is 16.7. The first kappa shape index (κ1) is 17.2. The molecule has 1 nitrogen and oxygen atoms in total. The van der Waals surface area contributed by atoms with E-state index in [1.807, 2.05) is 12.2 Å². The summed E-state index contributed by atoms with van der Waals surface area (Å²) in [6, 6.07) is 16.9. The lowest BCUT2D eigenvalue weighted by molar-refractivity contribution is 0.113. The average molecular weight is 306 g/mol. The molecule has 0 N–H and O–H groups in total. The number of benzene rings is 2. The first-order valence-electron chi connectivity index (χ1n) is 8.16. The van der Waals surface area contributed by atoms with Gasteiger partial charge in [-0.15, -0.1) is 0 Å². The highest BCUT2D eigenvalue weighted by atomic mass is 16.5. The quantitative estimate of drug-likeness (QED) is 0.590. The molecule has 120 valence electrons. The maximum Gasteiger partial charge on any atom is 0.0532 e. The Balaban J connectivity index is 1.88. The van der Waals surface area contributed by atoms with Gasteiger partial charge in [0.05, 0.1) is 13.2 Å². The SMILES string of the molecule is C=Cc1cccc(C(C)COCC(C)c2cccc(C=C)c2)c1. The maximum absolute atomic E-state index is 5.96. The molecule has 0 bridgehead atoms. The first-order chi connectivity index (χ1) is 11.1. The van der Waals surface area contributed by atoms with Crippen LogP contribution in [-0.4, -0.2) is 13.2 Å². The van der Waals surface area contributed by atoms with Gasteiger partial charge in [0.15, 0.2) is 0 Å². The van der Waals surface area contributed by atoms with E-state index in [4.69, 9.17) is 4.74 Å². The van der Waals surface area contributed by atoms with Gasteiger partial charge in [0.1, 0.15) is 0 Å². The van der Waals surface area contributed by atoms with Gasteiger partial charge in [-0.25, -0.2) is 0 Å². The zero-order valence-corrected chi connectivity index (χ0v) is 14.2. The highest BCUT2D eigenvalue weighted by Gasteiger charge is 2.09. The normalized spacial score (nSPS) is 13.3. The van der Waals surface area contributed by atoms with E-state index in [9.17, 15) is 0 Å². The fourth-order valence-corrected chi connectivity index (χ4v) is 2.60. The van der Waals surface area contributed by atoms with Crippen LogP contribution in [0.4, 0.5) is 0 Å². The Morgan fingerprint density at radius 2 is 1.26 bits per heavy atom. The van der Waals surface area contributed by atoms with E-state index in [1.54, 1.807) is 0 Å². The van der Waals surface area contributed by atoms with E-state index < -0.39 is 0 Å². The summed E-state index contributed by atoms with van der Waals surface area (Å²) in [5, 5.41) is 0. The summed E-state index contributed by atoms with van der Waals surface area (Å²) >= 11 is 0. The smallest absolute Gasteiger partial charge is 0.0532 e. The van der Waals surface area contributed by atoms with Crippen molar-refractivity contribution in [1.82, 2.24) is 0 Å². The Bertz CT molecular complexity index is 599. The molecule has 0 amide bonds. The standard InChI is InChI=1S/C22H26O/c1-5-19-9-7-11-21(13-19)17(3)15-23-16-18(4)22-12-8-10-20(6-2)14-22/h5-14,17-18H,1-2,15-16H2,3-4H3. The van der Waals surface area contributed by atoms with Gasteiger partial charge in [-0.2, -0.15) is 0 Å². The molecule has 2 aromatic rings. The molecule has 0 spiro atoms. The Hall–Kier alpha value is -2.12. The minimum atomic E-state index is 0.376. The van der Waals surface area contributed by atoms with E-state index in [0.29, 0.717) is 11.8 Å². The summed E-state index contributed by atoms with van der Waals surface area (Å²) in [5.74, 6) is 0.753. The van der Waals surface area contributed by atoms with Crippen LogP contribution in [0.5, 0.6) is 0 Å². The average Bonchev–Trinajstić information content (AvgIpc) is 2.61. The largest absolute Gasteiger partial charge is 0.380 e. The predicted octanol–water partition coefficient (Wildman–Crippen LogP) is 5.90. The Morgan fingerprint density at radius 3 is 1.65 bits per heavy atom. The molecule has 0 aliphatic carbocycles. The highest BCUT2D eigenvalue weighted by molar-refractivity contribution is 5.49. The lowest BCUT2D eigenvalue weighted by atomic mass is 9.99. The molecule has 2 aromatic carbocycles. The molecule has 1 heteroatoms. The van der Waals surface area contributed by atoms with Gasteiger partial charge in [0.25, 0.3) is 0 Å². The minimum absolute atomic E-state index is 0.376. The van der Waals surface area contributed by atoms with Crippen molar-refractivity contribution in [2.75, 3.05) is 13.2 Å². The summed E-state index contributed by atoms with van der Waals surface area (Å²) < 4.78 is 5.96. The van der Waals surface area contributed by atoms with Crippen LogP contribution >= 0.6 is 0 Å². The van der Waals surface area contributed by atoms with Gasteiger partial charge in [0.2, 0.25) is 0 Å². The van der Waals surface area contributed by atoms with Gasteiger partial charge in [0, 0.05) is 11.8 Å². The highest BCUT2D eigenvalue weighted by Crippen LogP contribution is 2.21. The molecule has 0 fully saturated rings. The van der Waals surface area contributed by atoms with Crippen molar-refractivity contribution in [2.24, 2.45) is 0 Å². The second kappa shape index (κ2) is 8.50. The Labute approximate surface area is 140 Å². The van der Waals surface area contributed by atoms with Crippen molar-refractivity contribution in [1.29, 1.82) is 0 Å². The Morgan fingerprint density at radius 1 is 0.826 bits per heavy atom. The molecular weight excluding hydrogens is 280 g/mol. The number of rotatable bonds is 8. The third kappa shape index (κ3) is 4.94. The second-order valence-electron chi connectivity index (χ2n) is 6.09. The van der Waals surface area contributed by atoms with Crippen LogP contribution in [-0.2, 0) is 4.74 Å². The topological polar surface area (TPSA) is 9.23 Å². The molecule has 2 atom stereocenters. The molecule has 23 heavy (non-hydrogen) atoms. The third-order valence-electron chi connectivity index (χ3n) is 4.17. The van der Waals surface area contributed by atoms with Gasteiger partial charge in [-0.05, 0) is 22.3 Å². The van der Waals surface area contributed by atoms with Gasteiger partial charge < -0.3 is 4.74 Å². The molecule has 0 saturated carbocycles. The maximum atomic E-state index is 5.96. The molecule has 0 aromatic heterocycles. The summed E-state index contributed by atoms with van der Waals surface area (Å²) in [5.41, 5.74) is 4.90. The van der Waals surface area contributed by atoms with Crippen LogP contribution < -0.4 is 0 Å². The molecule has 0 aliphatic heterocycles. The molecule has 2 unspecified atom stereocenters. The molecule has 0 saturated heterocycles. The van der Waals surface area contributed by atoms with E-state index in [1.165, 1.54) is 11.1 Å². The lowest BCUT2D eigenvalue weighted by Gasteiger charge is -2.17. The van der Waals surface area contributed by atoms with Gasteiger partial charge in [-0.3, -0.25) is 0 Å². The number of hydrogen-bond donors (Lipinski definition) is 0. The van der Waals surface area contributed by atoms with E-state index in [0.717, 1.165) is 24.3 Å². The monoisotopic (exact) mass is 306 g/mol. The fourth-order valence-electron chi connectivity index (χ4n) is 2.60. The van der Waals surface area contributed by atoms with Crippen LogP contribution in [0.2, 0.25) is 0 Å². The van der Waals surface area contributed by atoms with Crippen molar-refractivity contribution in [3.63, 3.8) is 0 Å². The molecule has 2 rings (SSSR count). The van der Waals surface area contributed by atoms with Crippen molar-refractivity contribution in [3.05, 3.63) is 83.9 Å². The third-order valence-corrected chi connectivity index (χ3v) is 4.17. The lowest BCUT2D eigenvalue weighted by Crippen LogP contribution is -2.10. The van der Waals surface area contributed by atoms with Gasteiger partial charge >= 0.3 is 0 Å². The van der Waals surface area contributed by atoms with E-state index >= 15 is 0 Å². The van der Waals surface area contributed by atoms with Crippen molar-refractivity contribution >= 4 is 12.2 Å². The van der Waals surface area contributed by atoms with Gasteiger partial charge in [-0.1, -0.05) is 87.7 Å². The van der Waals surface area contributed by atoms with E-state index in [2.05, 4.69) is 75.5 Å². The minimum Gasteiger partial charge on any atom is -0.380 e. The number of ether oxygens (including phenoxy) is 1. The predicted molar refractivity (Wildman–Crippen MR) is 101 cm³/mol. The number of hydrogen-bond acceptors (Lipinski definition) is 1. The summed E-state index contributed by atoms with van der Waals surface area (Å²) in [6.07, 6.45) is 3.76.